The van der Waals surface area contributed by atoms with E-state index in [1.807, 2.05) is 6.21 Å². The summed E-state index contributed by atoms with van der Waals surface area (Å²) in [7, 11) is 0. The summed E-state index contributed by atoms with van der Waals surface area (Å²) >= 11 is 0. The van der Waals surface area contributed by atoms with Gasteiger partial charge in [-0.05, 0) is 38.5 Å². The molecule has 0 radical (unpaired) electrons. The summed E-state index contributed by atoms with van der Waals surface area (Å²) in [5, 5.41) is 9.05. The summed E-state index contributed by atoms with van der Waals surface area (Å²) in [6, 6.07) is 0. The molecule has 1 heterocycles. The zero-order chi connectivity index (χ0) is 18.7. The van der Waals surface area contributed by atoms with Gasteiger partial charge in [-0.2, -0.15) is 0 Å². The van der Waals surface area contributed by atoms with Crippen LogP contribution in [0.2, 0.25) is 0 Å². The second-order valence-corrected chi connectivity index (χ2v) is 7.76. The molecule has 1 aliphatic rings. The van der Waals surface area contributed by atoms with E-state index in [1.54, 1.807) is 0 Å². The molecule has 1 aliphatic heterocycles. The van der Waals surface area contributed by atoms with Crippen LogP contribution in [0.3, 0.4) is 0 Å². The van der Waals surface area contributed by atoms with Crippen LogP contribution < -0.4 is 0 Å². The van der Waals surface area contributed by atoms with E-state index in [9.17, 15) is 0 Å². The lowest BCUT2D eigenvalue weighted by Crippen LogP contribution is -2.32. The van der Waals surface area contributed by atoms with E-state index in [0.29, 0.717) is 6.17 Å². The summed E-state index contributed by atoms with van der Waals surface area (Å²) < 4.78 is 0. The molecule has 0 saturated heterocycles. The molecule has 1 unspecified atom stereocenters. The van der Waals surface area contributed by atoms with Gasteiger partial charge in [0.1, 0.15) is 6.17 Å². The highest BCUT2D eigenvalue weighted by Crippen LogP contribution is 2.15. The van der Waals surface area contributed by atoms with Crippen molar-refractivity contribution in [3.05, 3.63) is 12.2 Å². The first-order valence-electron chi connectivity index (χ1n) is 11.4. The van der Waals surface area contributed by atoms with Crippen LogP contribution in [0.15, 0.2) is 17.1 Å². The molecule has 0 saturated carbocycles. The maximum absolute atomic E-state index is 9.05. The molecular formula is C23H44N2O. The smallest absolute Gasteiger partial charge is 0.102 e. The van der Waals surface area contributed by atoms with E-state index in [-0.39, 0.29) is 6.61 Å². The normalized spacial score (nSPS) is 17.7. The molecule has 0 aliphatic carbocycles. The van der Waals surface area contributed by atoms with Crippen LogP contribution in [0.5, 0.6) is 0 Å². The second-order valence-electron chi connectivity index (χ2n) is 7.76. The second kappa shape index (κ2) is 17.7. The average Bonchev–Trinajstić information content (AvgIpc) is 3.09. The van der Waals surface area contributed by atoms with Crippen LogP contribution in [0.4, 0.5) is 0 Å². The van der Waals surface area contributed by atoms with E-state index in [0.717, 1.165) is 19.5 Å². The number of rotatable bonds is 18. The molecule has 0 aromatic carbocycles. The van der Waals surface area contributed by atoms with Crippen molar-refractivity contribution in [2.45, 2.75) is 109 Å². The fourth-order valence-electron chi connectivity index (χ4n) is 3.69. The highest BCUT2D eigenvalue weighted by atomic mass is 16.3. The van der Waals surface area contributed by atoms with Crippen molar-refractivity contribution in [2.24, 2.45) is 4.99 Å². The van der Waals surface area contributed by atoms with Gasteiger partial charge in [-0.25, -0.2) is 0 Å². The Kier molecular flexibility index (Phi) is 15.9. The third-order valence-corrected chi connectivity index (χ3v) is 5.38. The molecule has 3 nitrogen and oxygen atoms in total. The molecular weight excluding hydrogens is 320 g/mol. The number of unbranched alkanes of at least 4 members (excludes halogenated alkanes) is 12. The van der Waals surface area contributed by atoms with Gasteiger partial charge in [-0.1, -0.05) is 76.9 Å². The Balaban J connectivity index is 1.80. The van der Waals surface area contributed by atoms with Crippen molar-refractivity contribution in [2.75, 3.05) is 19.7 Å². The van der Waals surface area contributed by atoms with Crippen LogP contribution in [-0.2, 0) is 0 Å². The third-order valence-electron chi connectivity index (χ3n) is 5.38. The minimum Gasteiger partial charge on any atom is -0.395 e. The number of hydrogen-bond acceptors (Lipinski definition) is 3. The molecule has 1 atom stereocenters. The first kappa shape index (κ1) is 23.4. The van der Waals surface area contributed by atoms with Gasteiger partial charge in [0.2, 0.25) is 0 Å². The lowest BCUT2D eigenvalue weighted by atomic mass is 10.1. The van der Waals surface area contributed by atoms with Crippen LogP contribution >= 0.6 is 0 Å². The van der Waals surface area contributed by atoms with Crippen molar-refractivity contribution in [1.29, 1.82) is 0 Å². The molecule has 152 valence electrons. The molecule has 0 amide bonds. The predicted octanol–water partition coefficient (Wildman–Crippen LogP) is 6.12. The fourth-order valence-corrected chi connectivity index (χ4v) is 3.69. The lowest BCUT2D eigenvalue weighted by molar-refractivity contribution is 0.176. The maximum Gasteiger partial charge on any atom is 0.102 e. The summed E-state index contributed by atoms with van der Waals surface area (Å²) in [5.74, 6) is 0. The topological polar surface area (TPSA) is 35.8 Å². The number of aliphatic imine (C=N–C) groups is 1. The molecule has 3 heteroatoms. The number of β-amino-alcohol motifs (C(OH)–C–C–N with tert-alkyl or cyclic N) is 1. The Morgan fingerprint density at radius 2 is 1.46 bits per heavy atom. The Labute approximate surface area is 163 Å². The van der Waals surface area contributed by atoms with Gasteiger partial charge in [-0.3, -0.25) is 9.89 Å². The number of allylic oxidation sites excluding steroid dienone is 2. The van der Waals surface area contributed by atoms with Gasteiger partial charge in [0.15, 0.2) is 0 Å². The van der Waals surface area contributed by atoms with Crippen molar-refractivity contribution in [3.8, 4) is 0 Å². The van der Waals surface area contributed by atoms with E-state index < -0.39 is 0 Å². The molecule has 0 aromatic rings. The minimum atomic E-state index is 0.240. The van der Waals surface area contributed by atoms with Gasteiger partial charge in [-0.15, -0.1) is 0 Å². The Hall–Kier alpha value is -0.670. The van der Waals surface area contributed by atoms with Crippen LogP contribution in [0.1, 0.15) is 103 Å². The standard InChI is InChI=1S/C23H44N2O/c1-2-3-4-5-6-7-8-9-10-11-12-13-14-15-16-17-18-23-24-19-20-25(23)21-22-26/h12-13,19,23,26H,2-11,14-18,20-22H2,1H3/b13-12+. The van der Waals surface area contributed by atoms with Crippen LogP contribution in [0, 0.1) is 0 Å². The largest absolute Gasteiger partial charge is 0.395 e. The quantitative estimate of drug-likeness (QED) is 0.235. The Morgan fingerprint density at radius 1 is 0.885 bits per heavy atom. The van der Waals surface area contributed by atoms with Crippen molar-refractivity contribution >= 4 is 6.21 Å². The van der Waals surface area contributed by atoms with Gasteiger partial charge in [0.05, 0.1) is 6.61 Å². The number of aliphatic hydroxyl groups is 1. The molecule has 26 heavy (non-hydrogen) atoms. The summed E-state index contributed by atoms with van der Waals surface area (Å²) in [6.07, 6.45) is 27.3. The van der Waals surface area contributed by atoms with Crippen LogP contribution in [-0.4, -0.2) is 42.1 Å². The first-order valence-corrected chi connectivity index (χ1v) is 11.4. The molecule has 1 rings (SSSR count). The average molecular weight is 365 g/mol. The van der Waals surface area contributed by atoms with Gasteiger partial charge < -0.3 is 5.11 Å². The molecule has 0 bridgehead atoms. The van der Waals surface area contributed by atoms with Gasteiger partial charge in [0.25, 0.3) is 0 Å². The SMILES string of the molecule is CCCCCCCCCCC/C=C/CCCCCC1N=CCN1CCO. The van der Waals surface area contributed by atoms with E-state index in [4.69, 9.17) is 5.11 Å². The maximum atomic E-state index is 9.05. The zero-order valence-electron chi connectivity index (χ0n) is 17.4. The predicted molar refractivity (Wildman–Crippen MR) is 115 cm³/mol. The minimum absolute atomic E-state index is 0.240. The Morgan fingerprint density at radius 3 is 2.08 bits per heavy atom. The van der Waals surface area contributed by atoms with E-state index in [2.05, 4.69) is 29.0 Å². The van der Waals surface area contributed by atoms with Crippen molar-refractivity contribution in [3.63, 3.8) is 0 Å². The molecule has 0 fully saturated rings. The van der Waals surface area contributed by atoms with Gasteiger partial charge in [0, 0.05) is 19.3 Å². The monoisotopic (exact) mass is 364 g/mol. The van der Waals surface area contributed by atoms with E-state index in [1.165, 1.54) is 89.9 Å². The van der Waals surface area contributed by atoms with E-state index >= 15 is 0 Å². The van der Waals surface area contributed by atoms with Crippen LogP contribution in [0.25, 0.3) is 0 Å². The molecule has 0 spiro atoms. The first-order chi connectivity index (χ1) is 12.9. The molecule has 0 aromatic heterocycles. The van der Waals surface area contributed by atoms with Crippen molar-refractivity contribution < 1.29 is 5.11 Å². The number of nitrogens with zero attached hydrogens (tertiary/aromatic N) is 2. The third kappa shape index (κ3) is 12.6. The number of hydrogen-bond donors (Lipinski definition) is 1. The highest BCUT2D eigenvalue weighted by Gasteiger charge is 2.19. The fraction of sp³-hybridized carbons (Fsp3) is 0.870. The van der Waals surface area contributed by atoms with Gasteiger partial charge >= 0.3 is 0 Å². The number of aliphatic hydroxyl groups excluding tert-OH is 1. The summed E-state index contributed by atoms with van der Waals surface area (Å²) in [6.45, 7) is 4.19. The lowest BCUT2D eigenvalue weighted by Gasteiger charge is -2.21. The van der Waals surface area contributed by atoms with Crippen molar-refractivity contribution in [1.82, 2.24) is 4.90 Å². The zero-order valence-corrected chi connectivity index (χ0v) is 17.4. The summed E-state index contributed by atoms with van der Waals surface area (Å²) in [5.41, 5.74) is 0. The molecule has 1 N–H and O–H groups in total. The highest BCUT2D eigenvalue weighted by molar-refractivity contribution is 5.62. The Bertz CT molecular complexity index is 354. The summed E-state index contributed by atoms with van der Waals surface area (Å²) in [4.78, 5) is 6.79.